The molecule has 5 nitrogen and oxygen atoms in total. The van der Waals surface area contributed by atoms with Gasteiger partial charge in [0.1, 0.15) is 5.75 Å². The highest BCUT2D eigenvalue weighted by Gasteiger charge is 2.42. The van der Waals surface area contributed by atoms with Gasteiger partial charge < -0.3 is 20.5 Å². The fourth-order valence-electron chi connectivity index (χ4n) is 2.09. The van der Waals surface area contributed by atoms with E-state index in [0.29, 0.717) is 0 Å². The molecular formula is C15H19F3N2O3. The number of aliphatic hydroxyl groups excluding tert-OH is 1. The average molecular weight is 332 g/mol. The van der Waals surface area contributed by atoms with Crippen molar-refractivity contribution in [2.24, 2.45) is 5.41 Å². The van der Waals surface area contributed by atoms with Crippen LogP contribution in [0.15, 0.2) is 18.2 Å². The summed E-state index contributed by atoms with van der Waals surface area (Å²) in [6.07, 6.45) is -2.87. The van der Waals surface area contributed by atoms with E-state index in [1.165, 1.54) is 6.07 Å². The lowest BCUT2D eigenvalue weighted by molar-refractivity contribution is -0.137. The van der Waals surface area contributed by atoms with Crippen molar-refractivity contribution in [2.75, 3.05) is 25.1 Å². The second-order valence-electron chi connectivity index (χ2n) is 5.61. The maximum atomic E-state index is 12.8. The minimum atomic E-state index is -4.51. The Kier molecular flexibility index (Phi) is 5.03. The highest BCUT2D eigenvalue weighted by Crippen LogP contribution is 2.44. The predicted octanol–water partition coefficient (Wildman–Crippen LogP) is 3.00. The van der Waals surface area contributed by atoms with E-state index < -0.39 is 17.8 Å². The molecule has 0 spiro atoms. The number of hydrogen-bond acceptors (Lipinski definition) is 3. The Morgan fingerprint density at radius 1 is 1.39 bits per heavy atom. The van der Waals surface area contributed by atoms with Gasteiger partial charge in [-0.05, 0) is 38.0 Å². The first-order chi connectivity index (χ1) is 10.8. The topological polar surface area (TPSA) is 70.6 Å². The second-order valence-corrected chi connectivity index (χ2v) is 5.61. The van der Waals surface area contributed by atoms with Crippen molar-refractivity contribution in [1.82, 2.24) is 5.32 Å². The van der Waals surface area contributed by atoms with Gasteiger partial charge in [-0.3, -0.25) is 0 Å². The van der Waals surface area contributed by atoms with Crippen LogP contribution < -0.4 is 15.4 Å². The van der Waals surface area contributed by atoms with Crippen molar-refractivity contribution in [2.45, 2.75) is 25.9 Å². The van der Waals surface area contributed by atoms with Crippen molar-refractivity contribution < 1.29 is 27.8 Å². The van der Waals surface area contributed by atoms with Gasteiger partial charge in [0.2, 0.25) is 0 Å². The summed E-state index contributed by atoms with van der Waals surface area (Å²) in [4.78, 5) is 11.9. The number of amides is 2. The lowest BCUT2D eigenvalue weighted by Gasteiger charge is -2.16. The number of anilines is 1. The molecule has 3 N–H and O–H groups in total. The SMILES string of the molecule is CCOc1ccc(C(F)(F)F)cc1NC(=O)NCC1(CO)CC1. The van der Waals surface area contributed by atoms with Gasteiger partial charge in [0.15, 0.2) is 0 Å². The van der Waals surface area contributed by atoms with E-state index >= 15 is 0 Å². The third-order valence-electron chi connectivity index (χ3n) is 3.77. The molecule has 1 aliphatic carbocycles. The first-order valence-electron chi connectivity index (χ1n) is 7.29. The number of urea groups is 1. The predicted molar refractivity (Wildman–Crippen MR) is 78.4 cm³/mol. The number of rotatable bonds is 6. The molecule has 23 heavy (non-hydrogen) atoms. The molecule has 128 valence electrons. The first kappa shape index (κ1) is 17.4. The minimum Gasteiger partial charge on any atom is -0.492 e. The third kappa shape index (κ3) is 4.51. The molecule has 2 amide bonds. The zero-order chi connectivity index (χ0) is 17.1. The Bertz CT molecular complexity index is 572. The van der Waals surface area contributed by atoms with E-state index in [1.807, 2.05) is 0 Å². The molecule has 0 bridgehead atoms. The smallest absolute Gasteiger partial charge is 0.416 e. The largest absolute Gasteiger partial charge is 0.492 e. The molecule has 1 aromatic carbocycles. The highest BCUT2D eigenvalue weighted by molar-refractivity contribution is 5.91. The van der Waals surface area contributed by atoms with Gasteiger partial charge in [-0.15, -0.1) is 0 Å². The van der Waals surface area contributed by atoms with Gasteiger partial charge >= 0.3 is 12.2 Å². The van der Waals surface area contributed by atoms with Crippen LogP contribution in [0.2, 0.25) is 0 Å². The van der Waals surface area contributed by atoms with E-state index in [1.54, 1.807) is 6.92 Å². The standard InChI is InChI=1S/C15H19F3N2O3/c1-2-23-12-4-3-10(15(16,17)18)7-11(12)20-13(22)19-8-14(9-21)5-6-14/h3-4,7,21H,2,5-6,8-9H2,1H3,(H2,19,20,22). The average Bonchev–Trinajstić information content (AvgIpc) is 3.27. The monoisotopic (exact) mass is 332 g/mol. The number of carbonyl (C=O) groups is 1. The Hall–Kier alpha value is -1.96. The Morgan fingerprint density at radius 2 is 2.09 bits per heavy atom. The minimum absolute atomic E-state index is 0.0268. The first-order valence-corrected chi connectivity index (χ1v) is 7.29. The zero-order valence-electron chi connectivity index (χ0n) is 12.7. The highest BCUT2D eigenvalue weighted by atomic mass is 19.4. The zero-order valence-corrected chi connectivity index (χ0v) is 12.7. The Balaban J connectivity index is 2.07. The van der Waals surface area contributed by atoms with Crippen molar-refractivity contribution in [3.8, 4) is 5.75 Å². The van der Waals surface area contributed by atoms with E-state index in [9.17, 15) is 23.1 Å². The quantitative estimate of drug-likeness (QED) is 0.750. The number of carbonyl (C=O) groups excluding carboxylic acids is 1. The van der Waals surface area contributed by atoms with Gasteiger partial charge in [0, 0.05) is 12.0 Å². The lowest BCUT2D eigenvalue weighted by Crippen LogP contribution is -2.35. The third-order valence-corrected chi connectivity index (χ3v) is 3.77. The van der Waals surface area contributed by atoms with Gasteiger partial charge in [-0.25, -0.2) is 4.79 Å². The molecule has 0 radical (unpaired) electrons. The normalized spacial score (nSPS) is 15.9. The molecule has 2 rings (SSSR count). The number of alkyl halides is 3. The number of hydrogen-bond donors (Lipinski definition) is 3. The van der Waals surface area contributed by atoms with E-state index in [-0.39, 0.29) is 36.6 Å². The Labute approximate surface area is 131 Å². The van der Waals surface area contributed by atoms with Crippen LogP contribution >= 0.6 is 0 Å². The molecule has 1 aliphatic rings. The van der Waals surface area contributed by atoms with Crippen molar-refractivity contribution in [3.63, 3.8) is 0 Å². The molecule has 1 aromatic rings. The number of aliphatic hydroxyl groups is 1. The molecule has 0 atom stereocenters. The van der Waals surface area contributed by atoms with E-state index in [4.69, 9.17) is 4.74 Å². The van der Waals surface area contributed by atoms with Crippen LogP contribution in [0, 0.1) is 5.41 Å². The maximum absolute atomic E-state index is 12.8. The fraction of sp³-hybridized carbons (Fsp3) is 0.533. The molecular weight excluding hydrogens is 313 g/mol. The summed E-state index contributed by atoms with van der Waals surface area (Å²) < 4.78 is 43.6. The molecule has 0 heterocycles. The van der Waals surface area contributed by atoms with Crippen LogP contribution in [-0.4, -0.2) is 30.9 Å². The summed E-state index contributed by atoms with van der Waals surface area (Å²) in [5.41, 5.74) is -1.20. The van der Waals surface area contributed by atoms with Crippen LogP contribution in [-0.2, 0) is 6.18 Å². The molecule has 0 aliphatic heterocycles. The molecule has 8 heteroatoms. The van der Waals surface area contributed by atoms with Crippen molar-refractivity contribution in [1.29, 1.82) is 0 Å². The fourth-order valence-corrected chi connectivity index (χ4v) is 2.09. The summed E-state index contributed by atoms with van der Waals surface area (Å²) in [6, 6.07) is 2.28. The molecule has 1 saturated carbocycles. The van der Waals surface area contributed by atoms with Crippen LogP contribution in [0.3, 0.4) is 0 Å². The maximum Gasteiger partial charge on any atom is 0.416 e. The number of halogens is 3. The lowest BCUT2D eigenvalue weighted by atomic mass is 10.1. The van der Waals surface area contributed by atoms with Gasteiger partial charge in [0.05, 0.1) is 24.5 Å². The van der Waals surface area contributed by atoms with Gasteiger partial charge in [-0.2, -0.15) is 13.2 Å². The molecule has 0 aromatic heterocycles. The van der Waals surface area contributed by atoms with Crippen LogP contribution in [0.4, 0.5) is 23.7 Å². The van der Waals surface area contributed by atoms with Gasteiger partial charge in [0.25, 0.3) is 0 Å². The van der Waals surface area contributed by atoms with E-state index in [0.717, 1.165) is 25.0 Å². The van der Waals surface area contributed by atoms with Crippen LogP contribution in [0.5, 0.6) is 5.75 Å². The Morgan fingerprint density at radius 3 is 2.61 bits per heavy atom. The second kappa shape index (κ2) is 6.66. The summed E-state index contributed by atoms with van der Waals surface area (Å²) in [5.74, 6) is 0.166. The molecule has 0 saturated heterocycles. The van der Waals surface area contributed by atoms with Crippen LogP contribution in [0.1, 0.15) is 25.3 Å². The van der Waals surface area contributed by atoms with Crippen molar-refractivity contribution in [3.05, 3.63) is 23.8 Å². The number of ether oxygens (including phenoxy) is 1. The molecule has 0 unspecified atom stereocenters. The van der Waals surface area contributed by atoms with E-state index in [2.05, 4.69) is 10.6 Å². The van der Waals surface area contributed by atoms with Crippen LogP contribution in [0.25, 0.3) is 0 Å². The summed E-state index contributed by atoms with van der Waals surface area (Å²) >= 11 is 0. The summed E-state index contributed by atoms with van der Waals surface area (Å²) in [6.45, 7) is 2.20. The number of nitrogens with one attached hydrogen (secondary N) is 2. The van der Waals surface area contributed by atoms with Gasteiger partial charge in [-0.1, -0.05) is 0 Å². The molecule has 1 fully saturated rings. The summed E-state index contributed by atoms with van der Waals surface area (Å²) in [5, 5.41) is 14.1. The summed E-state index contributed by atoms with van der Waals surface area (Å²) in [7, 11) is 0. The van der Waals surface area contributed by atoms with Crippen molar-refractivity contribution >= 4 is 11.7 Å². The number of benzene rings is 1.